The Morgan fingerprint density at radius 3 is 2.00 bits per heavy atom. The highest BCUT2D eigenvalue weighted by Gasteiger charge is 2.21. The van der Waals surface area contributed by atoms with E-state index in [2.05, 4.69) is 0 Å². The zero-order valence-corrected chi connectivity index (χ0v) is 16.5. The van der Waals surface area contributed by atoms with Gasteiger partial charge in [-0.05, 0) is 30.7 Å². The predicted octanol–water partition coefficient (Wildman–Crippen LogP) is 6.90. The Kier molecular flexibility index (Phi) is 6.77. The summed E-state index contributed by atoms with van der Waals surface area (Å²) in [7, 11) is 0. The molecule has 0 unspecified atom stereocenters. The molecule has 2 aromatic rings. The van der Waals surface area contributed by atoms with Crippen molar-refractivity contribution in [3.05, 3.63) is 53.9 Å². The molecule has 0 heterocycles. The van der Waals surface area contributed by atoms with Crippen LogP contribution in [0.15, 0.2) is 18.2 Å². The summed E-state index contributed by atoms with van der Waals surface area (Å²) in [5, 5.41) is 0.389. The van der Waals surface area contributed by atoms with Gasteiger partial charge in [-0.15, -0.1) is 0 Å². The molecule has 0 aliphatic carbocycles. The van der Waals surface area contributed by atoms with Gasteiger partial charge in [0.1, 0.15) is 15.8 Å². The Morgan fingerprint density at radius 2 is 1.46 bits per heavy atom. The van der Waals surface area contributed by atoms with Crippen LogP contribution >= 0.6 is 69.6 Å². The van der Waals surface area contributed by atoms with Gasteiger partial charge in [-0.25, -0.2) is 4.79 Å². The molecule has 128 valence electrons. The van der Waals surface area contributed by atoms with Crippen molar-refractivity contribution in [3.63, 3.8) is 0 Å². The van der Waals surface area contributed by atoms with Gasteiger partial charge in [0, 0.05) is 5.02 Å². The topological polar surface area (TPSA) is 35.5 Å². The minimum absolute atomic E-state index is 0.0000453. The van der Waals surface area contributed by atoms with E-state index in [4.69, 9.17) is 79.1 Å². The normalized spacial score (nSPS) is 10.6. The van der Waals surface area contributed by atoms with Crippen LogP contribution < -0.4 is 9.47 Å². The summed E-state index contributed by atoms with van der Waals surface area (Å²) < 4.78 is 10.5. The number of hydrogen-bond acceptors (Lipinski definition) is 3. The number of aryl methyl sites for hydroxylation is 1. The SMILES string of the molecule is Cc1cc(Cl)ccc1OC(=O)COc1c(Cl)c(Cl)c(Cl)c(Cl)c1Cl. The number of esters is 1. The summed E-state index contributed by atoms with van der Waals surface area (Å²) in [4.78, 5) is 11.9. The van der Waals surface area contributed by atoms with Gasteiger partial charge in [0.2, 0.25) is 0 Å². The minimum atomic E-state index is -0.672. The van der Waals surface area contributed by atoms with Gasteiger partial charge in [0.25, 0.3) is 0 Å². The third-order valence-electron chi connectivity index (χ3n) is 2.86. The molecule has 0 aliphatic heterocycles. The average Bonchev–Trinajstić information content (AvgIpc) is 2.53. The molecule has 9 heteroatoms. The molecule has 0 aliphatic rings. The summed E-state index contributed by atoms with van der Waals surface area (Å²) in [5.74, 6) is -0.366. The lowest BCUT2D eigenvalue weighted by Crippen LogP contribution is -2.18. The first kappa shape index (κ1) is 19.8. The fraction of sp³-hybridized carbons (Fsp3) is 0.133. The van der Waals surface area contributed by atoms with E-state index < -0.39 is 12.6 Å². The number of ether oxygens (including phenoxy) is 2. The molecule has 0 saturated heterocycles. The third-order valence-corrected chi connectivity index (χ3v) is 5.34. The van der Waals surface area contributed by atoms with Gasteiger partial charge >= 0.3 is 5.97 Å². The quantitative estimate of drug-likeness (QED) is 0.221. The molecule has 0 saturated carbocycles. The Labute approximate surface area is 168 Å². The average molecular weight is 449 g/mol. The van der Waals surface area contributed by atoms with E-state index in [0.717, 1.165) is 0 Å². The number of rotatable bonds is 4. The van der Waals surface area contributed by atoms with Crippen LogP contribution in [0.2, 0.25) is 30.1 Å². The molecule has 0 spiro atoms. The van der Waals surface area contributed by atoms with Gasteiger partial charge < -0.3 is 9.47 Å². The Morgan fingerprint density at radius 1 is 0.917 bits per heavy atom. The maximum atomic E-state index is 11.9. The van der Waals surface area contributed by atoms with Crippen molar-refractivity contribution < 1.29 is 14.3 Å². The van der Waals surface area contributed by atoms with Crippen LogP contribution in [0.25, 0.3) is 0 Å². The molecule has 24 heavy (non-hydrogen) atoms. The lowest BCUT2D eigenvalue weighted by atomic mass is 10.2. The van der Waals surface area contributed by atoms with Crippen molar-refractivity contribution in [2.75, 3.05) is 6.61 Å². The van der Waals surface area contributed by atoms with E-state index in [1.807, 2.05) is 0 Å². The van der Waals surface area contributed by atoms with Crippen LogP contribution in [0.3, 0.4) is 0 Å². The summed E-state index contributed by atoms with van der Waals surface area (Å²) >= 11 is 35.6. The summed E-state index contributed by atoms with van der Waals surface area (Å²) in [6, 6.07) is 4.84. The Balaban J connectivity index is 2.12. The number of hydrogen-bond donors (Lipinski definition) is 0. The number of benzene rings is 2. The van der Waals surface area contributed by atoms with Crippen molar-refractivity contribution in [2.24, 2.45) is 0 Å². The van der Waals surface area contributed by atoms with Crippen molar-refractivity contribution in [2.45, 2.75) is 6.92 Å². The minimum Gasteiger partial charge on any atom is -0.479 e. The highest BCUT2D eigenvalue weighted by Crippen LogP contribution is 2.48. The lowest BCUT2D eigenvalue weighted by molar-refractivity contribution is -0.136. The van der Waals surface area contributed by atoms with Crippen LogP contribution in [0.5, 0.6) is 11.5 Å². The first-order valence-electron chi connectivity index (χ1n) is 6.33. The molecule has 0 amide bonds. The zero-order chi connectivity index (χ0) is 18.0. The smallest absolute Gasteiger partial charge is 0.349 e. The maximum absolute atomic E-state index is 11.9. The second kappa shape index (κ2) is 8.22. The standard InChI is InChI=1S/C15H8Cl6O3/c1-6-4-7(16)2-3-8(6)24-9(22)5-23-15-13(20)11(18)10(17)12(19)14(15)21/h2-4H,5H2,1H3. The maximum Gasteiger partial charge on any atom is 0.349 e. The number of halogens is 6. The molecule has 0 N–H and O–H groups in total. The number of carbonyl (C=O) groups is 1. The second-order valence-corrected chi connectivity index (χ2v) is 6.90. The molecule has 0 aromatic heterocycles. The van der Waals surface area contributed by atoms with E-state index in [0.29, 0.717) is 16.3 Å². The molecular weight excluding hydrogens is 441 g/mol. The van der Waals surface area contributed by atoms with Gasteiger partial charge in [0.15, 0.2) is 12.4 Å². The van der Waals surface area contributed by atoms with E-state index in [1.54, 1.807) is 25.1 Å². The monoisotopic (exact) mass is 446 g/mol. The van der Waals surface area contributed by atoms with Gasteiger partial charge in [-0.1, -0.05) is 69.6 Å². The zero-order valence-electron chi connectivity index (χ0n) is 11.9. The van der Waals surface area contributed by atoms with Crippen LogP contribution in [0, 0.1) is 6.92 Å². The molecule has 0 atom stereocenters. The van der Waals surface area contributed by atoms with Crippen molar-refractivity contribution in [3.8, 4) is 11.5 Å². The predicted molar refractivity (Wildman–Crippen MR) is 98.8 cm³/mol. The molecule has 2 aromatic carbocycles. The second-order valence-electron chi connectivity index (χ2n) is 4.57. The lowest BCUT2D eigenvalue weighted by Gasteiger charge is -2.13. The van der Waals surface area contributed by atoms with E-state index in [1.165, 1.54) is 0 Å². The first-order valence-corrected chi connectivity index (χ1v) is 8.60. The third kappa shape index (κ3) is 4.34. The fourth-order valence-electron chi connectivity index (χ4n) is 1.72. The summed E-state index contributed by atoms with van der Waals surface area (Å²) in [6.45, 7) is 1.29. The van der Waals surface area contributed by atoms with Gasteiger partial charge in [0.05, 0.1) is 15.1 Å². The highest BCUT2D eigenvalue weighted by atomic mass is 35.5. The van der Waals surface area contributed by atoms with Crippen LogP contribution in [-0.4, -0.2) is 12.6 Å². The molecule has 3 nitrogen and oxygen atoms in total. The van der Waals surface area contributed by atoms with Crippen molar-refractivity contribution in [1.29, 1.82) is 0 Å². The Bertz CT molecular complexity index is 777. The van der Waals surface area contributed by atoms with Crippen molar-refractivity contribution >= 4 is 75.6 Å². The molecular formula is C15H8Cl6O3. The summed E-state index contributed by atoms with van der Waals surface area (Å²) in [5.41, 5.74) is 0.699. The number of carbonyl (C=O) groups excluding carboxylic acids is 1. The van der Waals surface area contributed by atoms with Gasteiger partial charge in [-0.3, -0.25) is 0 Å². The largest absolute Gasteiger partial charge is 0.479 e. The van der Waals surface area contributed by atoms with E-state index >= 15 is 0 Å². The molecule has 0 radical (unpaired) electrons. The summed E-state index contributed by atoms with van der Waals surface area (Å²) in [6.07, 6.45) is 0. The highest BCUT2D eigenvalue weighted by molar-refractivity contribution is 6.55. The first-order chi connectivity index (χ1) is 11.2. The molecule has 0 bridgehead atoms. The van der Waals surface area contributed by atoms with Crippen LogP contribution in [0.4, 0.5) is 0 Å². The van der Waals surface area contributed by atoms with Crippen molar-refractivity contribution in [1.82, 2.24) is 0 Å². The Hall–Kier alpha value is -0.550. The van der Waals surface area contributed by atoms with E-state index in [-0.39, 0.29) is 30.9 Å². The molecule has 0 fully saturated rings. The van der Waals surface area contributed by atoms with E-state index in [9.17, 15) is 4.79 Å². The molecule has 2 rings (SSSR count). The van der Waals surface area contributed by atoms with Crippen LogP contribution in [0.1, 0.15) is 5.56 Å². The fourth-order valence-corrected chi connectivity index (χ4v) is 3.18. The van der Waals surface area contributed by atoms with Gasteiger partial charge in [-0.2, -0.15) is 0 Å². The van der Waals surface area contributed by atoms with Crippen LogP contribution in [-0.2, 0) is 4.79 Å².